The molecule has 0 radical (unpaired) electrons. The summed E-state index contributed by atoms with van der Waals surface area (Å²) in [5.41, 5.74) is 0.915. The molecular weight excluding hydrogens is 733 g/mol. The molecule has 0 saturated carbocycles. The van der Waals surface area contributed by atoms with Gasteiger partial charge in [-0.3, -0.25) is 9.59 Å². The van der Waals surface area contributed by atoms with E-state index in [2.05, 4.69) is 35.1 Å². The molecule has 0 aliphatic carbocycles. The molecule has 11 heteroatoms. The summed E-state index contributed by atoms with van der Waals surface area (Å²) in [6.07, 6.45) is 3.74. The van der Waals surface area contributed by atoms with Gasteiger partial charge in [0.05, 0.1) is 19.2 Å². The van der Waals surface area contributed by atoms with Crippen molar-refractivity contribution in [1.29, 1.82) is 0 Å². The van der Waals surface area contributed by atoms with E-state index in [1.54, 1.807) is 38.1 Å². The normalized spacial score (nSPS) is 10.2. The Labute approximate surface area is 223 Å². The molecular formula is C27H49FmN4O6-. The van der Waals surface area contributed by atoms with Gasteiger partial charge in [0.1, 0.15) is 5.60 Å². The average molecular weight is 783 g/mol. The standard InChI is InChI=1S/C15H20N3O4.C6H13NO2.C4H10.C2H6.Fm/c1-10(2)14(17-9-20)15(22)16-7-13(21)18-12-5-3-11(8-19)4-6-12;1-6(2,3)9-5(8)7-4;1-3-4-2;1-2;/h3-6,10,14,19H,7-8H2,1-2H3,(H,16,22)(H,17,20)(H,18,21);1-4H3,(H,7,8);3-4H2,1-2H3;1-2H3;/q-1;;;;. The molecule has 1 aromatic carbocycles. The molecule has 10 nitrogen and oxygen atoms in total. The fraction of sp³-hybridized carbons (Fsp3) is 0.630. The van der Waals surface area contributed by atoms with E-state index >= 15 is 0 Å². The molecule has 1 atom stereocenters. The van der Waals surface area contributed by atoms with Crippen molar-refractivity contribution in [3.63, 3.8) is 0 Å². The van der Waals surface area contributed by atoms with Crippen molar-refractivity contribution in [3.05, 3.63) is 29.8 Å². The number of nitrogens with one attached hydrogen (secondary N) is 4. The second-order valence-corrected chi connectivity index (χ2v) is 8.84. The fourth-order valence-corrected chi connectivity index (χ4v) is 2.10. The number of benzene rings is 1. The number of unbranched alkanes of at least 4 members (excludes halogenated alkanes) is 1. The Kier molecular flexibility index (Phi) is 26.5. The summed E-state index contributed by atoms with van der Waals surface area (Å²) < 4.78 is 4.84. The zero-order valence-corrected chi connectivity index (χ0v) is 27.0. The maximum atomic E-state index is 11.9. The van der Waals surface area contributed by atoms with Gasteiger partial charge in [0.25, 0.3) is 0 Å². The van der Waals surface area contributed by atoms with E-state index in [4.69, 9.17) is 9.84 Å². The minimum Gasteiger partial charge on any atom is -0.520 e. The van der Waals surface area contributed by atoms with Crippen LogP contribution in [0.4, 0.5) is 10.5 Å². The van der Waals surface area contributed by atoms with Crippen molar-refractivity contribution in [2.75, 3.05) is 18.9 Å². The zero-order chi connectivity index (χ0) is 29.4. The summed E-state index contributed by atoms with van der Waals surface area (Å²) in [6, 6.07) is 5.96. The molecule has 1 unspecified atom stereocenters. The monoisotopic (exact) mass is 782 g/mol. The van der Waals surface area contributed by atoms with E-state index in [0.29, 0.717) is 5.69 Å². The molecule has 0 aromatic heterocycles. The van der Waals surface area contributed by atoms with E-state index in [9.17, 15) is 19.2 Å². The maximum Gasteiger partial charge on any atom is 0.407 e. The van der Waals surface area contributed by atoms with Crippen LogP contribution in [0.5, 0.6) is 0 Å². The number of anilines is 1. The summed E-state index contributed by atoms with van der Waals surface area (Å²) in [5, 5.41) is 18.7. The van der Waals surface area contributed by atoms with Gasteiger partial charge in [0.2, 0.25) is 11.8 Å². The molecule has 5 N–H and O–H groups in total. The Bertz CT molecular complexity index is 751. The third kappa shape index (κ3) is 23.6. The number of ether oxygens (including phenoxy) is 1. The van der Waals surface area contributed by atoms with E-state index in [1.807, 2.05) is 34.6 Å². The molecule has 0 saturated heterocycles. The fourth-order valence-electron chi connectivity index (χ4n) is 2.10. The van der Waals surface area contributed by atoms with Gasteiger partial charge in [0, 0.05) is 12.7 Å². The van der Waals surface area contributed by atoms with Crippen LogP contribution in [0, 0.1) is 5.92 Å². The van der Waals surface area contributed by atoms with Crippen molar-refractivity contribution in [2.24, 2.45) is 5.92 Å². The van der Waals surface area contributed by atoms with E-state index in [1.165, 1.54) is 26.3 Å². The zero-order valence-electron chi connectivity index (χ0n) is 24.6. The second-order valence-electron chi connectivity index (χ2n) is 8.84. The molecule has 0 aliphatic rings. The number of carbonyl (C=O) groups excluding carboxylic acids is 4. The van der Waals surface area contributed by atoms with Crippen LogP contribution in [0.2, 0.25) is 0 Å². The van der Waals surface area contributed by atoms with Gasteiger partial charge in [-0.2, -0.15) is 6.41 Å². The quantitative estimate of drug-likeness (QED) is 0.190. The smallest absolute Gasteiger partial charge is 0.407 e. The Morgan fingerprint density at radius 2 is 1.53 bits per heavy atom. The number of carbonyl (C=O) groups is 3. The largest absolute Gasteiger partial charge is 0.520 e. The van der Waals surface area contributed by atoms with E-state index < -0.39 is 11.9 Å². The molecule has 0 aliphatic heterocycles. The van der Waals surface area contributed by atoms with Gasteiger partial charge in [-0.25, -0.2) is 4.79 Å². The summed E-state index contributed by atoms with van der Waals surface area (Å²) in [5.74, 6) is -0.942. The van der Waals surface area contributed by atoms with Crippen molar-refractivity contribution in [2.45, 2.75) is 93.4 Å². The predicted molar refractivity (Wildman–Crippen MR) is 149 cm³/mol. The third-order valence-corrected chi connectivity index (χ3v) is 4.11. The van der Waals surface area contributed by atoms with Crippen molar-refractivity contribution in [1.82, 2.24) is 16.0 Å². The minimum atomic E-state index is -0.728. The van der Waals surface area contributed by atoms with Gasteiger partial charge in [-0.05, 0) is 44.4 Å². The van der Waals surface area contributed by atoms with Crippen LogP contribution in [-0.4, -0.2) is 54.7 Å². The van der Waals surface area contributed by atoms with Crippen molar-refractivity contribution >= 4 is 30.0 Å². The van der Waals surface area contributed by atoms with Gasteiger partial charge in [-0.1, -0.05) is 66.5 Å². The minimum absolute atomic E-state index is 0. The van der Waals surface area contributed by atoms with Gasteiger partial charge >= 0.3 is 6.09 Å². The molecule has 0 spiro atoms. The number of amides is 4. The maximum absolute atomic E-state index is 11.9. The molecule has 0 fully saturated rings. The first-order valence-electron chi connectivity index (χ1n) is 12.7. The predicted octanol–water partition coefficient (Wildman–Crippen LogP) is 3.89. The van der Waals surface area contributed by atoms with Crippen molar-refractivity contribution in [3.8, 4) is 0 Å². The third-order valence-electron chi connectivity index (χ3n) is 4.11. The Balaban J connectivity index is -0.000000300. The molecule has 0 heterocycles. The first-order chi connectivity index (χ1) is 17.3. The Morgan fingerprint density at radius 1 is 1.03 bits per heavy atom. The van der Waals surface area contributed by atoms with Crippen LogP contribution >= 0.6 is 0 Å². The number of aliphatic hydroxyl groups excluding tert-OH is 1. The van der Waals surface area contributed by atoms with Crippen LogP contribution in [0.25, 0.3) is 0 Å². The Morgan fingerprint density at radius 3 is 1.84 bits per heavy atom. The summed E-state index contributed by atoms with van der Waals surface area (Å²) >= 11 is 0. The average Bonchev–Trinajstić information content (AvgIpc) is 2.86. The van der Waals surface area contributed by atoms with Gasteiger partial charge < -0.3 is 35.9 Å². The summed E-state index contributed by atoms with van der Waals surface area (Å²) in [6.45, 7) is 17.1. The van der Waals surface area contributed by atoms with Crippen LogP contribution in [-0.2, 0) is 25.7 Å². The van der Waals surface area contributed by atoms with Crippen molar-refractivity contribution < 1.29 is 29.0 Å². The SMILES string of the molecule is CC.CC(C)C(N[C-]=O)C(=O)NCC(=O)Nc1ccc(CO)cc1.CCCC.CNC(=O)OC(C)(C)C.[Fm]. The van der Waals surface area contributed by atoms with E-state index in [-0.39, 0.29) is 36.7 Å². The molecule has 4 amide bonds. The van der Waals surface area contributed by atoms with E-state index in [0.717, 1.165) is 5.56 Å². The molecule has 38 heavy (non-hydrogen) atoms. The molecule has 226 valence electrons. The first kappa shape index (κ1) is 41.0. The van der Waals surface area contributed by atoms with Gasteiger partial charge in [0.15, 0.2) is 0 Å². The molecule has 0 bridgehead atoms. The van der Waals surface area contributed by atoms with Gasteiger partial charge in [-0.15, -0.1) is 0 Å². The van der Waals surface area contributed by atoms with Crippen LogP contribution in [0.1, 0.15) is 80.7 Å². The number of alkyl carbamates (subject to hydrolysis) is 1. The number of aliphatic hydroxyl groups is 1. The van der Waals surface area contributed by atoms with Crippen LogP contribution in [0.15, 0.2) is 24.3 Å². The summed E-state index contributed by atoms with van der Waals surface area (Å²) in [7, 11) is 1.54. The summed E-state index contributed by atoms with van der Waals surface area (Å²) in [4.78, 5) is 44.4. The number of hydrogen-bond acceptors (Lipinski definition) is 6. The van der Waals surface area contributed by atoms with Crippen LogP contribution < -0.4 is 21.3 Å². The molecule has 1 aromatic rings. The first-order valence-corrected chi connectivity index (χ1v) is 12.7. The topological polar surface area (TPSA) is 146 Å². The number of hydrogen-bond donors (Lipinski definition) is 5. The number of rotatable bonds is 9. The Hall–Kier alpha value is -4.14. The molecule has 1 rings (SSSR count). The second kappa shape index (κ2) is 24.5. The van der Waals surface area contributed by atoms with Crippen LogP contribution in [0.3, 0.4) is 0 Å².